The SMILES string of the molecule is O=C(N[C@H](c1nccs1)[C@@H]1CCCN(C[C@@H]2CC=CCC2)C1)c1ccccn1. The monoisotopic (exact) mass is 396 g/mol. The van der Waals surface area contributed by atoms with Crippen LogP contribution in [0.3, 0.4) is 0 Å². The molecule has 0 radical (unpaired) electrons. The molecule has 1 fully saturated rings. The lowest BCUT2D eigenvalue weighted by atomic mass is 9.88. The van der Waals surface area contributed by atoms with Gasteiger partial charge in [0.1, 0.15) is 10.7 Å². The van der Waals surface area contributed by atoms with E-state index < -0.39 is 0 Å². The second-order valence-electron chi connectivity index (χ2n) is 7.85. The third kappa shape index (κ3) is 4.86. The lowest BCUT2D eigenvalue weighted by Gasteiger charge is -2.38. The van der Waals surface area contributed by atoms with Crippen LogP contribution in [0.1, 0.15) is 53.6 Å². The van der Waals surface area contributed by atoms with E-state index in [2.05, 4.69) is 32.3 Å². The second kappa shape index (κ2) is 9.43. The molecule has 5 nitrogen and oxygen atoms in total. The van der Waals surface area contributed by atoms with Crippen molar-refractivity contribution >= 4 is 17.2 Å². The first-order valence-corrected chi connectivity index (χ1v) is 11.2. The maximum atomic E-state index is 12.8. The van der Waals surface area contributed by atoms with Crippen LogP contribution in [0.15, 0.2) is 48.1 Å². The molecule has 148 valence electrons. The van der Waals surface area contributed by atoms with Crippen molar-refractivity contribution in [1.82, 2.24) is 20.2 Å². The number of amides is 1. The van der Waals surface area contributed by atoms with Crippen LogP contribution in [0, 0.1) is 11.8 Å². The van der Waals surface area contributed by atoms with Gasteiger partial charge < -0.3 is 10.2 Å². The summed E-state index contributed by atoms with van der Waals surface area (Å²) >= 11 is 1.62. The Labute approximate surface area is 170 Å². The predicted molar refractivity (Wildman–Crippen MR) is 112 cm³/mol. The van der Waals surface area contributed by atoms with Gasteiger partial charge in [0.05, 0.1) is 6.04 Å². The Morgan fingerprint density at radius 1 is 1.25 bits per heavy atom. The smallest absolute Gasteiger partial charge is 0.270 e. The summed E-state index contributed by atoms with van der Waals surface area (Å²) in [5.41, 5.74) is 0.464. The topological polar surface area (TPSA) is 58.1 Å². The van der Waals surface area contributed by atoms with Gasteiger partial charge >= 0.3 is 0 Å². The lowest BCUT2D eigenvalue weighted by Crippen LogP contribution is -2.44. The van der Waals surface area contributed by atoms with Crippen molar-refractivity contribution < 1.29 is 4.79 Å². The first-order valence-electron chi connectivity index (χ1n) is 10.3. The highest BCUT2D eigenvalue weighted by Crippen LogP contribution is 2.32. The molecule has 1 amide bonds. The average Bonchev–Trinajstić information content (AvgIpc) is 3.28. The molecule has 0 saturated carbocycles. The van der Waals surface area contributed by atoms with E-state index in [4.69, 9.17) is 0 Å². The third-order valence-electron chi connectivity index (χ3n) is 5.81. The molecule has 2 aromatic heterocycles. The highest BCUT2D eigenvalue weighted by molar-refractivity contribution is 7.09. The van der Waals surface area contributed by atoms with E-state index in [0.717, 1.165) is 30.4 Å². The molecule has 0 bridgehead atoms. The highest BCUT2D eigenvalue weighted by atomic mass is 32.1. The molecular weight excluding hydrogens is 368 g/mol. The molecule has 28 heavy (non-hydrogen) atoms. The van der Waals surface area contributed by atoms with Crippen LogP contribution in [-0.4, -0.2) is 40.4 Å². The summed E-state index contributed by atoms with van der Waals surface area (Å²) in [5, 5.41) is 6.23. The van der Waals surface area contributed by atoms with E-state index in [1.807, 2.05) is 23.7 Å². The maximum absolute atomic E-state index is 12.8. The number of aromatic nitrogens is 2. The summed E-state index contributed by atoms with van der Waals surface area (Å²) in [6.07, 6.45) is 14.1. The van der Waals surface area contributed by atoms with Gasteiger partial charge in [0, 0.05) is 30.9 Å². The molecule has 3 atom stereocenters. The summed E-state index contributed by atoms with van der Waals surface area (Å²) < 4.78 is 0. The number of nitrogens with zero attached hydrogens (tertiary/aromatic N) is 3. The van der Waals surface area contributed by atoms with Gasteiger partial charge in [0.25, 0.3) is 5.91 Å². The molecular formula is C22H28N4OS. The van der Waals surface area contributed by atoms with Crippen LogP contribution in [0.5, 0.6) is 0 Å². The van der Waals surface area contributed by atoms with Gasteiger partial charge in [-0.2, -0.15) is 0 Å². The lowest BCUT2D eigenvalue weighted by molar-refractivity contribution is 0.0862. The summed E-state index contributed by atoms with van der Waals surface area (Å²) in [6, 6.07) is 5.39. The van der Waals surface area contributed by atoms with Crippen molar-refractivity contribution in [2.75, 3.05) is 19.6 Å². The summed E-state index contributed by atoms with van der Waals surface area (Å²) in [4.78, 5) is 24.1. The number of likely N-dealkylation sites (tertiary alicyclic amines) is 1. The molecule has 2 aromatic rings. The Hall–Kier alpha value is -2.05. The number of piperidine rings is 1. The van der Waals surface area contributed by atoms with E-state index >= 15 is 0 Å². The number of carbonyl (C=O) groups excluding carboxylic acids is 1. The number of rotatable bonds is 6. The third-order valence-corrected chi connectivity index (χ3v) is 6.67. The molecule has 6 heteroatoms. The van der Waals surface area contributed by atoms with Crippen molar-refractivity contribution in [1.29, 1.82) is 0 Å². The Bertz CT molecular complexity index is 777. The van der Waals surface area contributed by atoms with Gasteiger partial charge in [-0.3, -0.25) is 9.78 Å². The van der Waals surface area contributed by atoms with Gasteiger partial charge in [-0.15, -0.1) is 11.3 Å². The molecule has 0 aromatic carbocycles. The largest absolute Gasteiger partial charge is 0.341 e. The van der Waals surface area contributed by atoms with Gasteiger partial charge in [-0.1, -0.05) is 18.2 Å². The van der Waals surface area contributed by atoms with E-state index in [1.165, 1.54) is 32.2 Å². The van der Waals surface area contributed by atoms with E-state index in [1.54, 1.807) is 23.6 Å². The molecule has 1 saturated heterocycles. The Morgan fingerprint density at radius 3 is 2.96 bits per heavy atom. The minimum Gasteiger partial charge on any atom is -0.341 e. The fraction of sp³-hybridized carbons (Fsp3) is 0.500. The first-order chi connectivity index (χ1) is 13.8. The van der Waals surface area contributed by atoms with Gasteiger partial charge in [-0.25, -0.2) is 4.98 Å². The number of hydrogen-bond acceptors (Lipinski definition) is 5. The van der Waals surface area contributed by atoms with E-state index in [-0.39, 0.29) is 11.9 Å². The summed E-state index contributed by atoms with van der Waals surface area (Å²) in [6.45, 7) is 3.35. The number of hydrogen-bond donors (Lipinski definition) is 1. The van der Waals surface area contributed by atoms with Crippen LogP contribution in [0.4, 0.5) is 0 Å². The number of thiazole rings is 1. The fourth-order valence-electron chi connectivity index (χ4n) is 4.40. The summed E-state index contributed by atoms with van der Waals surface area (Å²) in [7, 11) is 0. The number of pyridine rings is 1. The zero-order valence-electron chi connectivity index (χ0n) is 16.2. The van der Waals surface area contributed by atoms with Crippen molar-refractivity contribution in [2.45, 2.75) is 38.1 Å². The van der Waals surface area contributed by atoms with E-state index in [9.17, 15) is 4.79 Å². The van der Waals surface area contributed by atoms with E-state index in [0.29, 0.717) is 11.6 Å². The number of nitrogens with one attached hydrogen (secondary N) is 1. The van der Waals surface area contributed by atoms with Crippen molar-refractivity contribution in [2.24, 2.45) is 11.8 Å². The Kier molecular flexibility index (Phi) is 6.49. The minimum absolute atomic E-state index is 0.0523. The maximum Gasteiger partial charge on any atom is 0.270 e. The van der Waals surface area contributed by atoms with Crippen molar-refractivity contribution in [3.8, 4) is 0 Å². The van der Waals surface area contributed by atoms with Crippen LogP contribution in [-0.2, 0) is 0 Å². The van der Waals surface area contributed by atoms with Crippen LogP contribution >= 0.6 is 11.3 Å². The Morgan fingerprint density at radius 2 is 2.21 bits per heavy atom. The zero-order chi connectivity index (χ0) is 19.2. The van der Waals surface area contributed by atoms with Gasteiger partial charge in [0.15, 0.2) is 0 Å². The standard InChI is InChI=1S/C22H28N4OS/c27-21(19-10-4-5-11-23-19)25-20(22-24-12-14-28-22)18-9-6-13-26(16-18)15-17-7-2-1-3-8-17/h1-2,4-5,10-12,14,17-18,20H,3,6-9,13,15-16H2,(H,25,27)/t17-,18-,20+/m1/s1. The second-order valence-corrected chi connectivity index (χ2v) is 8.77. The highest BCUT2D eigenvalue weighted by Gasteiger charge is 2.32. The van der Waals surface area contributed by atoms with Gasteiger partial charge in [-0.05, 0) is 62.6 Å². The molecule has 1 N–H and O–H groups in total. The molecule has 1 aliphatic heterocycles. The van der Waals surface area contributed by atoms with Crippen molar-refractivity contribution in [3.05, 3.63) is 58.8 Å². The molecule has 0 unspecified atom stereocenters. The molecule has 3 heterocycles. The normalized spacial score (nSPS) is 24.0. The van der Waals surface area contributed by atoms with Crippen LogP contribution < -0.4 is 5.32 Å². The zero-order valence-corrected chi connectivity index (χ0v) is 17.0. The number of carbonyl (C=O) groups is 1. The average molecular weight is 397 g/mol. The molecule has 4 rings (SSSR count). The summed E-state index contributed by atoms with van der Waals surface area (Å²) in [5.74, 6) is 1.03. The van der Waals surface area contributed by atoms with Crippen LogP contribution in [0.2, 0.25) is 0 Å². The molecule has 0 spiro atoms. The molecule has 1 aliphatic carbocycles. The minimum atomic E-state index is -0.115. The Balaban J connectivity index is 1.45. The molecule has 2 aliphatic rings. The predicted octanol–water partition coefficient (Wildman–Crippen LogP) is 4.08. The van der Waals surface area contributed by atoms with Crippen molar-refractivity contribution in [3.63, 3.8) is 0 Å². The van der Waals surface area contributed by atoms with Crippen LogP contribution in [0.25, 0.3) is 0 Å². The van der Waals surface area contributed by atoms with Gasteiger partial charge in [0.2, 0.25) is 0 Å². The fourth-order valence-corrected chi connectivity index (χ4v) is 5.18. The quantitative estimate of drug-likeness (QED) is 0.748. The first kappa shape index (κ1) is 19.3. The number of allylic oxidation sites excluding steroid dienone is 2.